The first kappa shape index (κ1) is 16.3. The number of phenolic OH excluding ortho intramolecular Hbond substituents is 1. The van der Waals surface area contributed by atoms with Gasteiger partial charge in [0.2, 0.25) is 0 Å². The van der Waals surface area contributed by atoms with Gasteiger partial charge < -0.3 is 5.11 Å². The topological polar surface area (TPSA) is 20.2 Å². The van der Waals surface area contributed by atoms with E-state index in [1.807, 2.05) is 24.3 Å². The summed E-state index contributed by atoms with van der Waals surface area (Å²) in [5.41, 5.74) is 5.09. The minimum atomic E-state index is 0.439. The molecule has 0 fully saturated rings. The van der Waals surface area contributed by atoms with Crippen molar-refractivity contribution in [3.63, 3.8) is 0 Å². The third-order valence-electron chi connectivity index (χ3n) is 4.51. The second-order valence-electron chi connectivity index (χ2n) is 6.24. The van der Waals surface area contributed by atoms with E-state index >= 15 is 0 Å². The van der Waals surface area contributed by atoms with Gasteiger partial charge in [-0.05, 0) is 60.4 Å². The van der Waals surface area contributed by atoms with Gasteiger partial charge in [0, 0.05) is 0 Å². The van der Waals surface area contributed by atoms with E-state index in [2.05, 4.69) is 54.6 Å². The zero-order valence-electron chi connectivity index (χ0n) is 14.0. The van der Waals surface area contributed by atoms with Crippen LogP contribution in [0.15, 0.2) is 78.9 Å². The van der Waals surface area contributed by atoms with Gasteiger partial charge in [-0.2, -0.15) is 0 Å². The molecule has 0 heterocycles. The third kappa shape index (κ3) is 4.48. The fourth-order valence-electron chi connectivity index (χ4n) is 3.18. The Hall–Kier alpha value is -2.54. The van der Waals surface area contributed by atoms with Crippen LogP contribution in [0.4, 0.5) is 0 Å². The summed E-state index contributed by atoms with van der Waals surface area (Å²) in [5.74, 6) is 0.439. The zero-order chi connectivity index (χ0) is 16.6. The Morgan fingerprint density at radius 3 is 1.83 bits per heavy atom. The van der Waals surface area contributed by atoms with Crippen LogP contribution in [-0.2, 0) is 25.7 Å². The number of phenols is 1. The largest absolute Gasteiger partial charge is 0.508 e. The van der Waals surface area contributed by atoms with Crippen LogP contribution in [0, 0.1) is 0 Å². The van der Waals surface area contributed by atoms with Crippen molar-refractivity contribution in [2.24, 2.45) is 0 Å². The number of hydrogen-bond donors (Lipinski definition) is 1. The summed E-state index contributed by atoms with van der Waals surface area (Å²) in [6.07, 6.45) is 5.01. The van der Waals surface area contributed by atoms with Gasteiger partial charge >= 0.3 is 0 Å². The van der Waals surface area contributed by atoms with Crippen molar-refractivity contribution >= 4 is 0 Å². The molecular formula is C23H24O. The Bertz CT molecular complexity index is 748. The number of rotatable bonds is 7. The minimum Gasteiger partial charge on any atom is -0.508 e. The molecular weight excluding hydrogens is 292 g/mol. The normalized spacial score (nSPS) is 10.7. The Kier molecular flexibility index (Phi) is 5.68. The zero-order valence-corrected chi connectivity index (χ0v) is 14.0. The maximum absolute atomic E-state index is 10.3. The maximum atomic E-state index is 10.3. The first-order valence-electron chi connectivity index (χ1n) is 8.70. The Balaban J connectivity index is 1.63. The highest BCUT2D eigenvalue weighted by atomic mass is 16.3. The lowest BCUT2D eigenvalue weighted by Crippen LogP contribution is -1.99. The molecule has 0 unspecified atom stereocenters. The van der Waals surface area contributed by atoms with Gasteiger partial charge in [0.1, 0.15) is 5.75 Å². The molecule has 0 bridgehead atoms. The minimum absolute atomic E-state index is 0.439. The van der Waals surface area contributed by atoms with Crippen molar-refractivity contribution in [1.82, 2.24) is 0 Å². The summed E-state index contributed by atoms with van der Waals surface area (Å²) in [6, 6.07) is 27.0. The maximum Gasteiger partial charge on any atom is 0.119 e. The standard InChI is InChI=1S/C23H24O/c24-23-16-8-14-21(18-17-20-11-5-2-6-12-20)22(23)15-7-13-19-9-3-1-4-10-19/h1-6,8-12,14,16,24H,7,13,15,17-18H2. The molecule has 0 spiro atoms. The molecule has 3 aromatic carbocycles. The molecule has 1 heteroatoms. The molecule has 0 saturated carbocycles. The van der Waals surface area contributed by atoms with E-state index in [9.17, 15) is 5.11 Å². The van der Waals surface area contributed by atoms with Crippen LogP contribution in [-0.4, -0.2) is 5.11 Å². The van der Waals surface area contributed by atoms with Crippen LogP contribution in [0.5, 0.6) is 5.75 Å². The molecule has 1 nitrogen and oxygen atoms in total. The molecule has 0 saturated heterocycles. The highest BCUT2D eigenvalue weighted by Crippen LogP contribution is 2.24. The summed E-state index contributed by atoms with van der Waals surface area (Å²) < 4.78 is 0. The van der Waals surface area contributed by atoms with E-state index in [1.54, 1.807) is 0 Å². The van der Waals surface area contributed by atoms with Gasteiger partial charge in [-0.25, -0.2) is 0 Å². The second-order valence-corrected chi connectivity index (χ2v) is 6.24. The van der Waals surface area contributed by atoms with Crippen molar-refractivity contribution in [2.45, 2.75) is 32.1 Å². The summed E-state index contributed by atoms with van der Waals surface area (Å²) >= 11 is 0. The predicted octanol–water partition coefficient (Wildman–Crippen LogP) is 5.35. The van der Waals surface area contributed by atoms with E-state index < -0.39 is 0 Å². The number of aromatic hydroxyl groups is 1. The Morgan fingerprint density at radius 1 is 0.542 bits per heavy atom. The molecule has 122 valence electrons. The lowest BCUT2D eigenvalue weighted by molar-refractivity contribution is 0.465. The van der Waals surface area contributed by atoms with Gasteiger partial charge in [-0.1, -0.05) is 72.8 Å². The Morgan fingerprint density at radius 2 is 1.17 bits per heavy atom. The first-order chi connectivity index (χ1) is 11.8. The van der Waals surface area contributed by atoms with Crippen LogP contribution in [0.3, 0.4) is 0 Å². The second kappa shape index (κ2) is 8.35. The van der Waals surface area contributed by atoms with Crippen molar-refractivity contribution < 1.29 is 5.11 Å². The molecule has 0 aliphatic heterocycles. The van der Waals surface area contributed by atoms with Crippen LogP contribution < -0.4 is 0 Å². The quantitative estimate of drug-likeness (QED) is 0.622. The van der Waals surface area contributed by atoms with Gasteiger partial charge in [0.15, 0.2) is 0 Å². The molecule has 0 aromatic heterocycles. The van der Waals surface area contributed by atoms with Crippen LogP contribution >= 0.6 is 0 Å². The van der Waals surface area contributed by atoms with Crippen LogP contribution in [0.25, 0.3) is 0 Å². The van der Waals surface area contributed by atoms with Gasteiger partial charge in [0.25, 0.3) is 0 Å². The van der Waals surface area contributed by atoms with E-state index in [-0.39, 0.29) is 0 Å². The van der Waals surface area contributed by atoms with Crippen LogP contribution in [0.1, 0.15) is 28.7 Å². The highest BCUT2D eigenvalue weighted by Gasteiger charge is 2.08. The molecule has 0 atom stereocenters. The lowest BCUT2D eigenvalue weighted by Gasteiger charge is -2.12. The molecule has 0 aliphatic rings. The van der Waals surface area contributed by atoms with Crippen molar-refractivity contribution in [1.29, 1.82) is 0 Å². The fourth-order valence-corrected chi connectivity index (χ4v) is 3.18. The molecule has 1 N–H and O–H groups in total. The highest BCUT2D eigenvalue weighted by molar-refractivity contribution is 5.40. The summed E-state index contributed by atoms with van der Waals surface area (Å²) in [7, 11) is 0. The van der Waals surface area contributed by atoms with E-state index in [4.69, 9.17) is 0 Å². The summed E-state index contributed by atoms with van der Waals surface area (Å²) in [6.45, 7) is 0. The summed E-state index contributed by atoms with van der Waals surface area (Å²) in [5, 5.41) is 10.3. The lowest BCUT2D eigenvalue weighted by atomic mass is 9.95. The fraction of sp³-hybridized carbons (Fsp3) is 0.217. The van der Waals surface area contributed by atoms with Crippen LogP contribution in [0.2, 0.25) is 0 Å². The average molecular weight is 316 g/mol. The van der Waals surface area contributed by atoms with E-state index in [1.165, 1.54) is 16.7 Å². The van der Waals surface area contributed by atoms with Gasteiger partial charge in [0.05, 0.1) is 0 Å². The Labute approximate surface area is 144 Å². The first-order valence-corrected chi connectivity index (χ1v) is 8.70. The molecule has 3 rings (SSSR count). The van der Waals surface area contributed by atoms with E-state index in [0.29, 0.717) is 5.75 Å². The average Bonchev–Trinajstić information content (AvgIpc) is 2.63. The molecule has 3 aromatic rings. The molecule has 0 radical (unpaired) electrons. The molecule has 24 heavy (non-hydrogen) atoms. The number of hydrogen-bond acceptors (Lipinski definition) is 1. The number of aryl methyl sites for hydroxylation is 3. The predicted molar refractivity (Wildman–Crippen MR) is 100 cm³/mol. The van der Waals surface area contributed by atoms with Crippen molar-refractivity contribution in [3.05, 3.63) is 101 Å². The third-order valence-corrected chi connectivity index (χ3v) is 4.51. The monoisotopic (exact) mass is 316 g/mol. The van der Waals surface area contributed by atoms with Gasteiger partial charge in [-0.15, -0.1) is 0 Å². The van der Waals surface area contributed by atoms with Crippen molar-refractivity contribution in [2.75, 3.05) is 0 Å². The smallest absolute Gasteiger partial charge is 0.119 e. The molecule has 0 amide bonds. The van der Waals surface area contributed by atoms with Gasteiger partial charge in [-0.3, -0.25) is 0 Å². The number of benzene rings is 3. The SMILES string of the molecule is Oc1cccc(CCc2ccccc2)c1CCCc1ccccc1. The molecule has 0 aliphatic carbocycles. The summed E-state index contributed by atoms with van der Waals surface area (Å²) in [4.78, 5) is 0. The van der Waals surface area contributed by atoms with E-state index in [0.717, 1.165) is 37.7 Å². The van der Waals surface area contributed by atoms with Crippen molar-refractivity contribution in [3.8, 4) is 5.75 Å².